The standard InChI is InChI=1S/C15H31NO/c1-11(2)9-14(10-12(3)4)16-13-5-7-15(17)8-6-13/h11-17H,5-10H2,1-4H3. The van der Waals surface area contributed by atoms with Gasteiger partial charge in [0.25, 0.3) is 0 Å². The number of hydrogen-bond acceptors (Lipinski definition) is 2. The van der Waals surface area contributed by atoms with Gasteiger partial charge in [-0.15, -0.1) is 0 Å². The fourth-order valence-electron chi connectivity index (χ4n) is 2.95. The van der Waals surface area contributed by atoms with E-state index in [2.05, 4.69) is 33.0 Å². The molecular formula is C15H31NO. The predicted molar refractivity (Wildman–Crippen MR) is 74.1 cm³/mol. The zero-order chi connectivity index (χ0) is 12.8. The second-order valence-corrected chi connectivity index (χ2v) is 6.63. The fourth-order valence-corrected chi connectivity index (χ4v) is 2.95. The molecule has 102 valence electrons. The zero-order valence-corrected chi connectivity index (χ0v) is 12.1. The molecule has 0 amide bonds. The van der Waals surface area contributed by atoms with Gasteiger partial charge in [-0.3, -0.25) is 0 Å². The molecule has 1 aliphatic rings. The molecule has 0 unspecified atom stereocenters. The summed E-state index contributed by atoms with van der Waals surface area (Å²) in [7, 11) is 0. The summed E-state index contributed by atoms with van der Waals surface area (Å²) >= 11 is 0. The largest absolute Gasteiger partial charge is 0.393 e. The van der Waals surface area contributed by atoms with E-state index < -0.39 is 0 Å². The lowest BCUT2D eigenvalue weighted by Crippen LogP contribution is -2.42. The lowest BCUT2D eigenvalue weighted by atomic mass is 9.90. The van der Waals surface area contributed by atoms with Crippen LogP contribution in [0.25, 0.3) is 0 Å². The van der Waals surface area contributed by atoms with E-state index in [9.17, 15) is 5.11 Å². The van der Waals surface area contributed by atoms with Gasteiger partial charge in [-0.1, -0.05) is 27.7 Å². The van der Waals surface area contributed by atoms with Gasteiger partial charge >= 0.3 is 0 Å². The summed E-state index contributed by atoms with van der Waals surface area (Å²) in [5, 5.41) is 13.4. The maximum absolute atomic E-state index is 9.52. The summed E-state index contributed by atoms with van der Waals surface area (Å²) in [6, 6.07) is 1.30. The van der Waals surface area contributed by atoms with Crippen molar-refractivity contribution in [2.75, 3.05) is 0 Å². The van der Waals surface area contributed by atoms with Crippen LogP contribution >= 0.6 is 0 Å². The summed E-state index contributed by atoms with van der Waals surface area (Å²) < 4.78 is 0. The first-order valence-electron chi connectivity index (χ1n) is 7.41. The van der Waals surface area contributed by atoms with Gasteiger partial charge in [0.05, 0.1) is 6.10 Å². The Bertz CT molecular complexity index is 185. The van der Waals surface area contributed by atoms with E-state index in [1.165, 1.54) is 12.8 Å². The lowest BCUT2D eigenvalue weighted by Gasteiger charge is -2.32. The van der Waals surface area contributed by atoms with E-state index in [1.54, 1.807) is 0 Å². The van der Waals surface area contributed by atoms with Crippen LogP contribution < -0.4 is 5.32 Å². The molecule has 1 fully saturated rings. The molecule has 0 spiro atoms. The first-order valence-corrected chi connectivity index (χ1v) is 7.41. The minimum absolute atomic E-state index is 0.0401. The minimum atomic E-state index is -0.0401. The molecule has 0 aromatic carbocycles. The SMILES string of the molecule is CC(C)CC(CC(C)C)NC1CCC(O)CC1. The summed E-state index contributed by atoms with van der Waals surface area (Å²) in [5.41, 5.74) is 0. The van der Waals surface area contributed by atoms with Crippen LogP contribution in [0.2, 0.25) is 0 Å². The highest BCUT2D eigenvalue weighted by Crippen LogP contribution is 2.21. The van der Waals surface area contributed by atoms with Crippen molar-refractivity contribution < 1.29 is 5.11 Å². The highest BCUT2D eigenvalue weighted by Gasteiger charge is 2.22. The average molecular weight is 241 g/mol. The zero-order valence-electron chi connectivity index (χ0n) is 12.1. The van der Waals surface area contributed by atoms with Crippen molar-refractivity contribution in [2.45, 2.75) is 84.4 Å². The molecular weight excluding hydrogens is 210 g/mol. The van der Waals surface area contributed by atoms with Crippen molar-refractivity contribution in [3.8, 4) is 0 Å². The summed E-state index contributed by atoms with van der Waals surface area (Å²) in [6.07, 6.45) is 6.76. The van der Waals surface area contributed by atoms with E-state index in [0.29, 0.717) is 12.1 Å². The van der Waals surface area contributed by atoms with Crippen LogP contribution in [0.5, 0.6) is 0 Å². The summed E-state index contributed by atoms with van der Waals surface area (Å²) in [5.74, 6) is 1.53. The van der Waals surface area contributed by atoms with E-state index >= 15 is 0 Å². The van der Waals surface area contributed by atoms with Crippen LogP contribution in [0.1, 0.15) is 66.2 Å². The Hall–Kier alpha value is -0.0800. The van der Waals surface area contributed by atoms with Gasteiger partial charge in [0.15, 0.2) is 0 Å². The van der Waals surface area contributed by atoms with Gasteiger partial charge < -0.3 is 10.4 Å². The molecule has 0 atom stereocenters. The minimum Gasteiger partial charge on any atom is -0.393 e. The van der Waals surface area contributed by atoms with Crippen molar-refractivity contribution in [1.29, 1.82) is 0 Å². The fraction of sp³-hybridized carbons (Fsp3) is 1.00. The molecule has 2 N–H and O–H groups in total. The molecule has 0 heterocycles. The molecule has 0 aromatic rings. The first-order chi connectivity index (χ1) is 7.97. The van der Waals surface area contributed by atoms with Crippen LogP contribution in [0.3, 0.4) is 0 Å². The molecule has 1 rings (SSSR count). The Labute approximate surface area is 107 Å². The molecule has 1 aliphatic carbocycles. The number of rotatable bonds is 6. The van der Waals surface area contributed by atoms with Gasteiger partial charge in [0.1, 0.15) is 0 Å². The second-order valence-electron chi connectivity index (χ2n) is 6.63. The molecule has 0 aliphatic heterocycles. The van der Waals surface area contributed by atoms with Crippen molar-refractivity contribution >= 4 is 0 Å². The second kappa shape index (κ2) is 7.38. The molecule has 1 saturated carbocycles. The summed E-state index contributed by atoms with van der Waals surface area (Å²) in [6.45, 7) is 9.22. The average Bonchev–Trinajstić information content (AvgIpc) is 2.19. The van der Waals surface area contributed by atoms with Crippen molar-refractivity contribution in [2.24, 2.45) is 11.8 Å². The molecule has 0 saturated heterocycles. The van der Waals surface area contributed by atoms with Crippen LogP contribution in [0.4, 0.5) is 0 Å². The predicted octanol–water partition coefficient (Wildman–Crippen LogP) is 3.34. The molecule has 0 aromatic heterocycles. The quantitative estimate of drug-likeness (QED) is 0.747. The van der Waals surface area contributed by atoms with Gasteiger partial charge in [-0.2, -0.15) is 0 Å². The smallest absolute Gasteiger partial charge is 0.0541 e. The Morgan fingerprint density at radius 2 is 1.41 bits per heavy atom. The molecule has 0 radical (unpaired) electrons. The Morgan fingerprint density at radius 1 is 0.941 bits per heavy atom. The molecule has 17 heavy (non-hydrogen) atoms. The number of hydrogen-bond donors (Lipinski definition) is 2. The van der Waals surface area contributed by atoms with Crippen LogP contribution in [-0.4, -0.2) is 23.3 Å². The third-order valence-electron chi connectivity index (χ3n) is 3.68. The van der Waals surface area contributed by atoms with Crippen LogP contribution in [0, 0.1) is 11.8 Å². The van der Waals surface area contributed by atoms with E-state index in [4.69, 9.17) is 0 Å². The van der Waals surface area contributed by atoms with Crippen molar-refractivity contribution in [3.63, 3.8) is 0 Å². The van der Waals surface area contributed by atoms with Gasteiger partial charge in [-0.05, 0) is 50.4 Å². The molecule has 2 nitrogen and oxygen atoms in total. The van der Waals surface area contributed by atoms with E-state index in [-0.39, 0.29) is 6.10 Å². The number of nitrogens with one attached hydrogen (secondary N) is 1. The highest BCUT2D eigenvalue weighted by molar-refractivity contribution is 4.81. The van der Waals surface area contributed by atoms with Gasteiger partial charge in [0, 0.05) is 12.1 Å². The number of aliphatic hydroxyl groups excluding tert-OH is 1. The Kier molecular flexibility index (Phi) is 6.50. The lowest BCUT2D eigenvalue weighted by molar-refractivity contribution is 0.112. The molecule has 0 bridgehead atoms. The van der Waals surface area contributed by atoms with Crippen molar-refractivity contribution in [3.05, 3.63) is 0 Å². The third-order valence-corrected chi connectivity index (χ3v) is 3.68. The Morgan fingerprint density at radius 3 is 1.82 bits per heavy atom. The topological polar surface area (TPSA) is 32.3 Å². The number of aliphatic hydroxyl groups is 1. The van der Waals surface area contributed by atoms with E-state index in [0.717, 1.165) is 37.5 Å². The van der Waals surface area contributed by atoms with E-state index in [1.807, 2.05) is 0 Å². The first kappa shape index (κ1) is 15.0. The van der Waals surface area contributed by atoms with Gasteiger partial charge in [0.2, 0.25) is 0 Å². The normalized spacial score (nSPS) is 26.1. The summed E-state index contributed by atoms with van der Waals surface area (Å²) in [4.78, 5) is 0. The van der Waals surface area contributed by atoms with Crippen LogP contribution in [-0.2, 0) is 0 Å². The van der Waals surface area contributed by atoms with Crippen molar-refractivity contribution in [1.82, 2.24) is 5.32 Å². The third kappa shape index (κ3) is 6.42. The maximum atomic E-state index is 9.52. The van der Waals surface area contributed by atoms with Crippen LogP contribution in [0.15, 0.2) is 0 Å². The van der Waals surface area contributed by atoms with Gasteiger partial charge in [-0.25, -0.2) is 0 Å². The molecule has 2 heteroatoms. The highest BCUT2D eigenvalue weighted by atomic mass is 16.3. The Balaban J connectivity index is 2.36. The monoisotopic (exact) mass is 241 g/mol. The maximum Gasteiger partial charge on any atom is 0.0541 e.